The Kier molecular flexibility index (Phi) is 8.68. The maximum Gasteiger partial charge on any atom is 0.125 e. The highest BCUT2D eigenvalue weighted by Crippen LogP contribution is 2.16. The zero-order chi connectivity index (χ0) is 15.5. The molecule has 0 amide bonds. The molecule has 2 heteroatoms. The summed E-state index contributed by atoms with van der Waals surface area (Å²) in [5.74, 6) is -0.284. The van der Waals surface area contributed by atoms with Crippen LogP contribution in [0.4, 0.5) is 0 Å². The predicted octanol–water partition coefficient (Wildman–Crippen LogP) is 4.54. The monoisotopic (exact) mass is 288 g/mol. The number of aliphatic hydroxyl groups is 1. The molecule has 21 heavy (non-hydrogen) atoms. The van der Waals surface area contributed by atoms with Gasteiger partial charge in [0.2, 0.25) is 0 Å². The summed E-state index contributed by atoms with van der Waals surface area (Å²) in [5, 5.41) is 10.1. The van der Waals surface area contributed by atoms with Gasteiger partial charge in [-0.25, -0.2) is 0 Å². The van der Waals surface area contributed by atoms with E-state index in [4.69, 9.17) is 0 Å². The molecule has 2 atom stereocenters. The number of aryl methyl sites for hydroxylation is 1. The van der Waals surface area contributed by atoms with Gasteiger partial charge in [-0.15, -0.1) is 0 Å². The Labute approximate surface area is 128 Å². The molecule has 0 saturated heterocycles. The van der Waals surface area contributed by atoms with E-state index in [0.29, 0.717) is 6.42 Å². The normalized spacial score (nSPS) is 14.2. The molecule has 0 fully saturated rings. The average Bonchev–Trinajstić information content (AvgIpc) is 2.50. The summed E-state index contributed by atoms with van der Waals surface area (Å²) in [6.07, 6.45) is 10.2. The molecule has 1 aromatic rings. The third-order valence-electron chi connectivity index (χ3n) is 3.82. The van der Waals surface area contributed by atoms with Gasteiger partial charge in [0.15, 0.2) is 0 Å². The van der Waals surface area contributed by atoms with Crippen molar-refractivity contribution in [3.63, 3.8) is 0 Å². The first-order valence-corrected chi connectivity index (χ1v) is 8.04. The number of hydrogen-bond acceptors (Lipinski definition) is 2. The number of rotatable bonds is 10. The smallest absolute Gasteiger partial charge is 0.125 e. The van der Waals surface area contributed by atoms with E-state index in [9.17, 15) is 9.90 Å². The Morgan fingerprint density at radius 2 is 1.86 bits per heavy atom. The number of benzene rings is 1. The Balaban J connectivity index is 2.38. The van der Waals surface area contributed by atoms with Gasteiger partial charge in [-0.3, -0.25) is 0 Å². The lowest BCUT2D eigenvalue weighted by Crippen LogP contribution is -2.21. The highest BCUT2D eigenvalue weighted by Gasteiger charge is 2.16. The van der Waals surface area contributed by atoms with Crippen LogP contribution < -0.4 is 0 Å². The van der Waals surface area contributed by atoms with E-state index < -0.39 is 6.10 Å². The molecule has 1 rings (SSSR count). The molecular formula is C19H28O2. The highest BCUT2D eigenvalue weighted by atomic mass is 16.3. The standard InChI is InChI=1S/C19H28O2/c1-3-4-5-6-10-19(21)18(15-20)9-7-8-17-13-11-16(2)12-14-17/h7-8,11-15,18-19,21H,3-6,9-10H2,1-2H3/b8-7+. The first kappa shape index (κ1) is 17.6. The molecular weight excluding hydrogens is 260 g/mol. The fourth-order valence-corrected chi connectivity index (χ4v) is 2.34. The molecule has 116 valence electrons. The Hall–Kier alpha value is -1.41. The number of allylic oxidation sites excluding steroid dienone is 1. The molecule has 2 nitrogen and oxygen atoms in total. The molecule has 1 aromatic carbocycles. The van der Waals surface area contributed by atoms with Crippen LogP contribution >= 0.6 is 0 Å². The second-order valence-corrected chi connectivity index (χ2v) is 5.77. The number of carbonyl (C=O) groups is 1. The van der Waals surface area contributed by atoms with E-state index in [2.05, 4.69) is 38.1 Å². The molecule has 0 bridgehead atoms. The minimum absolute atomic E-state index is 0.284. The second kappa shape index (κ2) is 10.3. The van der Waals surface area contributed by atoms with Crippen LogP contribution in [0.2, 0.25) is 0 Å². The number of carbonyl (C=O) groups excluding carboxylic acids is 1. The van der Waals surface area contributed by atoms with E-state index in [0.717, 1.165) is 31.1 Å². The van der Waals surface area contributed by atoms with E-state index in [-0.39, 0.29) is 5.92 Å². The molecule has 0 saturated carbocycles. The van der Waals surface area contributed by atoms with Gasteiger partial charge in [-0.05, 0) is 25.3 Å². The second-order valence-electron chi connectivity index (χ2n) is 5.77. The van der Waals surface area contributed by atoms with Crippen LogP contribution in [0, 0.1) is 12.8 Å². The minimum atomic E-state index is -0.512. The average molecular weight is 288 g/mol. The van der Waals surface area contributed by atoms with Crippen LogP contribution in [-0.4, -0.2) is 17.5 Å². The molecule has 0 aliphatic heterocycles. The van der Waals surface area contributed by atoms with Gasteiger partial charge in [0, 0.05) is 5.92 Å². The maximum absolute atomic E-state index is 11.1. The van der Waals surface area contributed by atoms with Crippen molar-refractivity contribution in [1.82, 2.24) is 0 Å². The maximum atomic E-state index is 11.1. The summed E-state index contributed by atoms with van der Waals surface area (Å²) in [4.78, 5) is 11.1. The molecule has 2 unspecified atom stereocenters. The third kappa shape index (κ3) is 7.24. The quantitative estimate of drug-likeness (QED) is 0.507. The molecule has 0 aliphatic carbocycles. The third-order valence-corrected chi connectivity index (χ3v) is 3.82. The van der Waals surface area contributed by atoms with Crippen molar-refractivity contribution in [2.75, 3.05) is 0 Å². The summed E-state index contributed by atoms with van der Waals surface area (Å²) < 4.78 is 0. The van der Waals surface area contributed by atoms with Gasteiger partial charge >= 0.3 is 0 Å². The lowest BCUT2D eigenvalue weighted by Gasteiger charge is -2.15. The van der Waals surface area contributed by atoms with Gasteiger partial charge in [-0.2, -0.15) is 0 Å². The summed E-state index contributed by atoms with van der Waals surface area (Å²) >= 11 is 0. The summed E-state index contributed by atoms with van der Waals surface area (Å²) in [6.45, 7) is 4.23. The molecule has 0 aliphatic rings. The SMILES string of the molecule is CCCCCCC(O)C(C=O)C/C=C/c1ccc(C)cc1. The van der Waals surface area contributed by atoms with E-state index in [1.54, 1.807) is 0 Å². The van der Waals surface area contributed by atoms with Crippen molar-refractivity contribution >= 4 is 12.4 Å². The fraction of sp³-hybridized carbons (Fsp3) is 0.526. The molecule has 0 spiro atoms. The topological polar surface area (TPSA) is 37.3 Å². The molecule has 0 radical (unpaired) electrons. The van der Waals surface area contributed by atoms with Crippen molar-refractivity contribution in [2.45, 2.75) is 58.5 Å². The van der Waals surface area contributed by atoms with Crippen molar-refractivity contribution < 1.29 is 9.90 Å². The van der Waals surface area contributed by atoms with Crippen molar-refractivity contribution in [1.29, 1.82) is 0 Å². The molecule has 1 N–H and O–H groups in total. The van der Waals surface area contributed by atoms with Crippen LogP contribution in [0.5, 0.6) is 0 Å². The summed E-state index contributed by atoms with van der Waals surface area (Å²) in [6, 6.07) is 8.25. The van der Waals surface area contributed by atoms with Crippen molar-refractivity contribution in [2.24, 2.45) is 5.92 Å². The Morgan fingerprint density at radius 1 is 1.14 bits per heavy atom. The lowest BCUT2D eigenvalue weighted by molar-refractivity contribution is -0.114. The van der Waals surface area contributed by atoms with Crippen LogP contribution in [0.3, 0.4) is 0 Å². The van der Waals surface area contributed by atoms with E-state index >= 15 is 0 Å². The summed E-state index contributed by atoms with van der Waals surface area (Å²) in [7, 11) is 0. The minimum Gasteiger partial charge on any atom is -0.392 e. The van der Waals surface area contributed by atoms with E-state index in [1.165, 1.54) is 18.4 Å². The number of aliphatic hydroxyl groups excluding tert-OH is 1. The highest BCUT2D eigenvalue weighted by molar-refractivity contribution is 5.56. The lowest BCUT2D eigenvalue weighted by atomic mass is 9.95. The Morgan fingerprint density at radius 3 is 2.48 bits per heavy atom. The van der Waals surface area contributed by atoms with Gasteiger partial charge in [0.25, 0.3) is 0 Å². The van der Waals surface area contributed by atoms with Gasteiger partial charge < -0.3 is 9.90 Å². The number of hydrogen-bond donors (Lipinski definition) is 1. The van der Waals surface area contributed by atoms with Crippen LogP contribution in [0.15, 0.2) is 30.3 Å². The van der Waals surface area contributed by atoms with Crippen LogP contribution in [-0.2, 0) is 4.79 Å². The zero-order valence-electron chi connectivity index (χ0n) is 13.3. The predicted molar refractivity (Wildman–Crippen MR) is 89.1 cm³/mol. The summed E-state index contributed by atoms with van der Waals surface area (Å²) in [5.41, 5.74) is 2.36. The number of unbranched alkanes of at least 4 members (excludes halogenated alkanes) is 3. The van der Waals surface area contributed by atoms with Crippen LogP contribution in [0.1, 0.15) is 56.6 Å². The number of aldehydes is 1. The molecule has 0 aromatic heterocycles. The van der Waals surface area contributed by atoms with Crippen molar-refractivity contribution in [3.8, 4) is 0 Å². The van der Waals surface area contributed by atoms with E-state index in [1.807, 2.05) is 12.2 Å². The molecule has 0 heterocycles. The zero-order valence-corrected chi connectivity index (χ0v) is 13.3. The van der Waals surface area contributed by atoms with Gasteiger partial charge in [-0.1, -0.05) is 74.6 Å². The Bertz CT molecular complexity index is 420. The first-order chi connectivity index (χ1) is 10.2. The van der Waals surface area contributed by atoms with Gasteiger partial charge in [0.05, 0.1) is 6.10 Å². The fourth-order valence-electron chi connectivity index (χ4n) is 2.34. The van der Waals surface area contributed by atoms with Crippen molar-refractivity contribution in [3.05, 3.63) is 41.5 Å². The first-order valence-electron chi connectivity index (χ1n) is 8.04. The largest absolute Gasteiger partial charge is 0.392 e. The van der Waals surface area contributed by atoms with Gasteiger partial charge in [0.1, 0.15) is 6.29 Å². The van der Waals surface area contributed by atoms with Crippen LogP contribution in [0.25, 0.3) is 6.08 Å².